The van der Waals surface area contributed by atoms with E-state index in [4.69, 9.17) is 9.47 Å². The second kappa shape index (κ2) is 7.41. The average molecular weight is 386 g/mol. The Balaban J connectivity index is 1.27. The molecule has 4 saturated carbocycles. The number of aryl methyl sites for hydroxylation is 2. The molecule has 4 aliphatic carbocycles. The number of carbonyl (C=O) groups is 2. The van der Waals surface area contributed by atoms with Crippen LogP contribution in [-0.2, 0) is 14.3 Å². The van der Waals surface area contributed by atoms with Crippen LogP contribution < -0.4 is 10.1 Å². The lowest BCUT2D eigenvalue weighted by Crippen LogP contribution is -2.61. The Kier molecular flexibility index (Phi) is 5.11. The summed E-state index contributed by atoms with van der Waals surface area (Å²) in [5.74, 6) is 2.21. The zero-order valence-electron chi connectivity index (χ0n) is 17.1. The van der Waals surface area contributed by atoms with E-state index in [2.05, 4.69) is 5.32 Å². The molecule has 0 saturated heterocycles. The number of hydrogen-bond donors (Lipinski definition) is 1. The van der Waals surface area contributed by atoms with Gasteiger partial charge in [-0.1, -0.05) is 6.07 Å². The third-order valence-electron chi connectivity index (χ3n) is 6.94. The van der Waals surface area contributed by atoms with Crippen molar-refractivity contribution >= 4 is 11.9 Å². The fourth-order valence-corrected chi connectivity index (χ4v) is 5.86. The summed E-state index contributed by atoms with van der Waals surface area (Å²) < 4.78 is 10.8. The summed E-state index contributed by atoms with van der Waals surface area (Å²) in [6.45, 7) is 5.47. The molecular weight excluding hydrogens is 354 g/mol. The van der Waals surface area contributed by atoms with Crippen LogP contribution in [0.1, 0.15) is 56.6 Å². The van der Waals surface area contributed by atoms with Crippen LogP contribution in [0.2, 0.25) is 0 Å². The highest BCUT2D eigenvalue weighted by Gasteiger charge is 2.51. The first kappa shape index (κ1) is 19.3. The van der Waals surface area contributed by atoms with Gasteiger partial charge in [0.05, 0.1) is 0 Å². The van der Waals surface area contributed by atoms with Crippen molar-refractivity contribution in [3.63, 3.8) is 0 Å². The molecule has 5 nitrogen and oxygen atoms in total. The number of ether oxygens (including phenoxy) is 2. The van der Waals surface area contributed by atoms with Crippen molar-refractivity contribution in [2.24, 2.45) is 17.8 Å². The van der Waals surface area contributed by atoms with Crippen LogP contribution in [0.15, 0.2) is 18.2 Å². The maximum atomic E-state index is 12.7. The van der Waals surface area contributed by atoms with Crippen LogP contribution in [0.3, 0.4) is 0 Å². The Bertz CT molecular complexity index is 737. The van der Waals surface area contributed by atoms with Gasteiger partial charge >= 0.3 is 5.97 Å². The monoisotopic (exact) mass is 385 g/mol. The molecule has 0 radical (unpaired) electrons. The molecule has 1 aromatic rings. The number of benzene rings is 1. The number of esters is 1. The molecule has 1 amide bonds. The summed E-state index contributed by atoms with van der Waals surface area (Å²) in [5.41, 5.74) is 2.21. The molecule has 0 aromatic heterocycles. The van der Waals surface area contributed by atoms with Crippen LogP contribution in [-0.4, -0.2) is 30.1 Å². The number of rotatable bonds is 6. The quantitative estimate of drug-likeness (QED) is 0.759. The van der Waals surface area contributed by atoms with Crippen molar-refractivity contribution in [3.8, 4) is 5.75 Å². The minimum atomic E-state index is -0.802. The van der Waals surface area contributed by atoms with E-state index in [1.807, 2.05) is 32.0 Å². The van der Waals surface area contributed by atoms with Gasteiger partial charge in [-0.25, -0.2) is 4.79 Å². The van der Waals surface area contributed by atoms with Crippen molar-refractivity contribution in [1.82, 2.24) is 5.32 Å². The Hall–Kier alpha value is -2.04. The molecule has 0 heterocycles. The van der Waals surface area contributed by atoms with Crippen molar-refractivity contribution < 1.29 is 19.1 Å². The lowest BCUT2D eigenvalue weighted by molar-refractivity contribution is -0.158. The molecule has 1 aromatic carbocycles. The van der Waals surface area contributed by atoms with Gasteiger partial charge in [-0.05, 0) is 100 Å². The number of hydrogen-bond acceptors (Lipinski definition) is 4. The van der Waals surface area contributed by atoms with Crippen LogP contribution in [0, 0.1) is 31.6 Å². The first-order valence-electron chi connectivity index (χ1n) is 10.5. The molecule has 5 heteroatoms. The predicted molar refractivity (Wildman–Crippen MR) is 106 cm³/mol. The first-order chi connectivity index (χ1) is 13.3. The third-order valence-corrected chi connectivity index (χ3v) is 6.94. The Morgan fingerprint density at radius 3 is 2.25 bits per heavy atom. The van der Waals surface area contributed by atoms with Gasteiger partial charge in [-0.15, -0.1) is 0 Å². The molecule has 0 spiro atoms. The third kappa shape index (κ3) is 4.03. The molecule has 1 N–H and O–H groups in total. The second-order valence-electron chi connectivity index (χ2n) is 9.35. The summed E-state index contributed by atoms with van der Waals surface area (Å²) >= 11 is 0. The highest BCUT2D eigenvalue weighted by molar-refractivity contribution is 5.84. The minimum Gasteiger partial charge on any atom is -0.482 e. The summed E-state index contributed by atoms with van der Waals surface area (Å²) in [4.78, 5) is 24.8. The fraction of sp³-hybridized carbons (Fsp3) is 0.652. The molecule has 0 unspecified atom stereocenters. The lowest BCUT2D eigenvalue weighted by Gasteiger charge is -2.57. The highest BCUT2D eigenvalue weighted by atomic mass is 16.6. The van der Waals surface area contributed by atoms with E-state index in [0.717, 1.165) is 42.6 Å². The summed E-state index contributed by atoms with van der Waals surface area (Å²) in [6, 6.07) is 5.68. The van der Waals surface area contributed by atoms with E-state index in [0.29, 0.717) is 5.75 Å². The first-order valence-corrected chi connectivity index (χ1v) is 10.5. The number of carbonyl (C=O) groups excluding carboxylic acids is 2. The highest BCUT2D eigenvalue weighted by Crippen LogP contribution is 2.55. The fourth-order valence-electron chi connectivity index (χ4n) is 5.86. The van der Waals surface area contributed by atoms with E-state index in [1.54, 1.807) is 6.92 Å². The Labute approximate surface area is 167 Å². The predicted octanol–water partition coefficient (Wildman–Crippen LogP) is 3.70. The van der Waals surface area contributed by atoms with Crippen molar-refractivity contribution in [3.05, 3.63) is 29.3 Å². The molecule has 152 valence electrons. The van der Waals surface area contributed by atoms with Crippen LogP contribution in [0.25, 0.3) is 0 Å². The van der Waals surface area contributed by atoms with Gasteiger partial charge in [-0.3, -0.25) is 4.79 Å². The van der Waals surface area contributed by atoms with E-state index in [1.165, 1.54) is 24.8 Å². The largest absolute Gasteiger partial charge is 0.482 e. The maximum absolute atomic E-state index is 12.7. The zero-order chi connectivity index (χ0) is 19.9. The maximum Gasteiger partial charge on any atom is 0.344 e. The standard InChI is InChI=1S/C23H31NO4/c1-14-4-5-20(6-15(14)2)27-13-21(25)28-16(3)22(26)24-23-10-17-7-18(11-23)9-19(8-17)12-23/h4-6,16-19H,7-13H2,1-3H3,(H,24,26)/t16-,17?,18?,19?,23?/m0/s1. The average Bonchev–Trinajstić information content (AvgIpc) is 2.61. The van der Waals surface area contributed by atoms with Crippen LogP contribution >= 0.6 is 0 Å². The minimum absolute atomic E-state index is 0.0670. The van der Waals surface area contributed by atoms with Gasteiger partial charge in [-0.2, -0.15) is 0 Å². The Morgan fingerprint density at radius 2 is 1.68 bits per heavy atom. The number of amides is 1. The van der Waals surface area contributed by atoms with E-state index < -0.39 is 12.1 Å². The van der Waals surface area contributed by atoms with Gasteiger partial charge in [0, 0.05) is 5.54 Å². The number of nitrogens with one attached hydrogen (secondary N) is 1. The van der Waals surface area contributed by atoms with Crippen molar-refractivity contribution in [1.29, 1.82) is 0 Å². The Morgan fingerprint density at radius 1 is 1.07 bits per heavy atom. The van der Waals surface area contributed by atoms with Gasteiger partial charge in [0.1, 0.15) is 5.75 Å². The molecule has 5 rings (SSSR count). The molecule has 28 heavy (non-hydrogen) atoms. The molecule has 4 fully saturated rings. The van der Waals surface area contributed by atoms with Crippen molar-refractivity contribution in [2.45, 2.75) is 70.9 Å². The van der Waals surface area contributed by atoms with Gasteiger partial charge in [0.2, 0.25) is 0 Å². The van der Waals surface area contributed by atoms with Crippen LogP contribution in [0.4, 0.5) is 0 Å². The molecular formula is C23H31NO4. The molecule has 1 atom stereocenters. The summed E-state index contributed by atoms with van der Waals surface area (Å²) in [7, 11) is 0. The van der Waals surface area contributed by atoms with E-state index in [9.17, 15) is 9.59 Å². The molecule has 0 aliphatic heterocycles. The van der Waals surface area contributed by atoms with Gasteiger partial charge < -0.3 is 14.8 Å². The second-order valence-corrected chi connectivity index (χ2v) is 9.35. The summed E-state index contributed by atoms with van der Waals surface area (Å²) in [5, 5.41) is 3.26. The van der Waals surface area contributed by atoms with Gasteiger partial charge in [0.25, 0.3) is 5.91 Å². The van der Waals surface area contributed by atoms with Crippen LogP contribution in [0.5, 0.6) is 5.75 Å². The SMILES string of the molecule is Cc1ccc(OCC(=O)O[C@@H](C)C(=O)NC23CC4CC(CC(C4)C2)C3)cc1C. The smallest absolute Gasteiger partial charge is 0.344 e. The van der Waals surface area contributed by atoms with E-state index >= 15 is 0 Å². The molecule has 4 bridgehead atoms. The van der Waals surface area contributed by atoms with E-state index in [-0.39, 0.29) is 18.1 Å². The summed E-state index contributed by atoms with van der Waals surface area (Å²) in [6.07, 6.45) is 6.44. The normalized spacial score (nSPS) is 31.3. The zero-order valence-corrected chi connectivity index (χ0v) is 17.1. The van der Waals surface area contributed by atoms with Crippen molar-refractivity contribution in [2.75, 3.05) is 6.61 Å². The topological polar surface area (TPSA) is 64.6 Å². The van der Waals surface area contributed by atoms with Gasteiger partial charge in [0.15, 0.2) is 12.7 Å². The molecule has 4 aliphatic rings. The lowest BCUT2D eigenvalue weighted by atomic mass is 9.53.